The van der Waals surface area contributed by atoms with E-state index in [9.17, 15) is 5.11 Å². The Balaban J connectivity index is 2.04. The normalized spacial score (nSPS) is 26.8. The van der Waals surface area contributed by atoms with Gasteiger partial charge in [0, 0.05) is 17.6 Å². The average molecular weight is 310 g/mol. The van der Waals surface area contributed by atoms with Gasteiger partial charge in [0.25, 0.3) is 0 Å². The quantitative estimate of drug-likeness (QED) is 0.884. The van der Waals surface area contributed by atoms with Crippen LogP contribution in [-0.2, 0) is 0 Å². The van der Waals surface area contributed by atoms with Crippen molar-refractivity contribution in [3.05, 3.63) is 34.9 Å². The van der Waals surface area contributed by atoms with Gasteiger partial charge in [-0.1, -0.05) is 50.1 Å². The second kappa shape index (κ2) is 6.68. The van der Waals surface area contributed by atoms with E-state index in [0.29, 0.717) is 5.92 Å². The molecule has 2 nitrogen and oxygen atoms in total. The van der Waals surface area contributed by atoms with E-state index in [1.165, 1.54) is 6.42 Å². The lowest BCUT2D eigenvalue weighted by atomic mass is 9.69. The highest BCUT2D eigenvalue weighted by atomic mass is 35.5. The first-order chi connectivity index (χ1) is 9.83. The predicted octanol–water partition coefficient (Wildman–Crippen LogP) is 4.52. The summed E-state index contributed by atoms with van der Waals surface area (Å²) in [5.41, 5.74) is 1.20. The molecular formula is C18H28ClNO. The highest BCUT2D eigenvalue weighted by Gasteiger charge is 2.38. The van der Waals surface area contributed by atoms with Gasteiger partial charge in [0.05, 0.1) is 6.10 Å². The second-order valence-electron chi connectivity index (χ2n) is 7.22. The Kier molecular flexibility index (Phi) is 5.34. The Morgan fingerprint density at radius 1 is 1.38 bits per heavy atom. The third kappa shape index (κ3) is 3.80. The smallest absolute Gasteiger partial charge is 0.0631 e. The zero-order valence-corrected chi connectivity index (χ0v) is 14.4. The van der Waals surface area contributed by atoms with Crippen molar-refractivity contribution in [2.75, 3.05) is 13.6 Å². The van der Waals surface area contributed by atoms with Crippen molar-refractivity contribution >= 4 is 11.6 Å². The predicted molar refractivity (Wildman–Crippen MR) is 89.6 cm³/mol. The lowest BCUT2D eigenvalue weighted by molar-refractivity contribution is -0.0437. The lowest BCUT2D eigenvalue weighted by Gasteiger charge is -2.43. The topological polar surface area (TPSA) is 23.5 Å². The van der Waals surface area contributed by atoms with E-state index in [2.05, 4.69) is 38.8 Å². The molecule has 0 spiro atoms. The molecular weight excluding hydrogens is 282 g/mol. The Bertz CT molecular complexity index is 474. The molecule has 3 atom stereocenters. The molecule has 1 aromatic rings. The average Bonchev–Trinajstić information content (AvgIpc) is 2.43. The van der Waals surface area contributed by atoms with Gasteiger partial charge in [-0.25, -0.2) is 0 Å². The number of nitrogens with zero attached hydrogens (tertiary/aromatic N) is 1. The Hall–Kier alpha value is -0.570. The number of rotatable bonds is 4. The largest absolute Gasteiger partial charge is 0.392 e. The van der Waals surface area contributed by atoms with E-state index in [-0.39, 0.29) is 17.6 Å². The number of aliphatic hydroxyl groups is 1. The Morgan fingerprint density at radius 2 is 2.05 bits per heavy atom. The van der Waals surface area contributed by atoms with Crippen LogP contribution < -0.4 is 0 Å². The highest BCUT2D eigenvalue weighted by molar-refractivity contribution is 6.31. The van der Waals surface area contributed by atoms with Crippen LogP contribution in [0.1, 0.15) is 51.6 Å². The summed E-state index contributed by atoms with van der Waals surface area (Å²) in [5, 5.41) is 11.4. The highest BCUT2D eigenvalue weighted by Crippen LogP contribution is 2.40. The molecule has 3 heteroatoms. The van der Waals surface area contributed by atoms with Crippen LogP contribution in [0, 0.1) is 11.3 Å². The molecule has 0 heterocycles. The maximum absolute atomic E-state index is 10.6. The molecule has 0 saturated heterocycles. The molecule has 0 aromatic heterocycles. The van der Waals surface area contributed by atoms with Crippen LogP contribution >= 0.6 is 11.6 Å². The lowest BCUT2D eigenvalue weighted by Crippen LogP contribution is -2.44. The third-order valence-corrected chi connectivity index (χ3v) is 5.53. The fraction of sp³-hybridized carbons (Fsp3) is 0.667. The standard InChI is InChI=1S/C18H28ClNO/c1-13(15-9-5-6-10-16(15)19)20(4)12-14-8-7-11-18(2,3)17(14)21/h5-6,9-10,13-14,17,21H,7-8,11-12H2,1-4H3. The Morgan fingerprint density at radius 3 is 2.71 bits per heavy atom. The first-order valence-corrected chi connectivity index (χ1v) is 8.33. The van der Waals surface area contributed by atoms with E-state index >= 15 is 0 Å². The Labute approximate surface area is 134 Å². The molecule has 3 unspecified atom stereocenters. The molecule has 0 bridgehead atoms. The first kappa shape index (κ1) is 16.8. The van der Waals surface area contributed by atoms with Gasteiger partial charge < -0.3 is 5.11 Å². The van der Waals surface area contributed by atoms with Gasteiger partial charge in [0.15, 0.2) is 0 Å². The van der Waals surface area contributed by atoms with E-state index in [1.807, 2.05) is 18.2 Å². The van der Waals surface area contributed by atoms with Crippen LogP contribution in [0.25, 0.3) is 0 Å². The van der Waals surface area contributed by atoms with Crippen LogP contribution in [0.2, 0.25) is 5.02 Å². The molecule has 1 aliphatic carbocycles. The summed E-state index contributed by atoms with van der Waals surface area (Å²) < 4.78 is 0. The van der Waals surface area contributed by atoms with Crippen molar-refractivity contribution in [3.8, 4) is 0 Å². The van der Waals surface area contributed by atoms with Gasteiger partial charge in [0.1, 0.15) is 0 Å². The SMILES string of the molecule is CC(c1ccccc1Cl)N(C)CC1CCCC(C)(C)C1O. The summed E-state index contributed by atoms with van der Waals surface area (Å²) in [7, 11) is 2.13. The maximum atomic E-state index is 10.6. The van der Waals surface area contributed by atoms with Gasteiger partial charge in [-0.15, -0.1) is 0 Å². The molecule has 2 rings (SSSR count). The van der Waals surface area contributed by atoms with Crippen LogP contribution in [0.4, 0.5) is 0 Å². The van der Waals surface area contributed by atoms with Crippen LogP contribution in [-0.4, -0.2) is 29.7 Å². The minimum atomic E-state index is -0.216. The molecule has 1 N–H and O–H groups in total. The van der Waals surface area contributed by atoms with Crippen LogP contribution in [0.3, 0.4) is 0 Å². The van der Waals surface area contributed by atoms with Gasteiger partial charge in [-0.05, 0) is 49.8 Å². The molecule has 1 aliphatic rings. The second-order valence-corrected chi connectivity index (χ2v) is 7.63. The van der Waals surface area contributed by atoms with Crippen molar-refractivity contribution in [1.29, 1.82) is 0 Å². The summed E-state index contributed by atoms with van der Waals surface area (Å²) in [4.78, 5) is 2.32. The van der Waals surface area contributed by atoms with Gasteiger partial charge in [0.2, 0.25) is 0 Å². The molecule has 118 valence electrons. The fourth-order valence-electron chi connectivity index (χ4n) is 3.53. The molecule has 0 radical (unpaired) electrons. The maximum Gasteiger partial charge on any atom is 0.0631 e. The van der Waals surface area contributed by atoms with Crippen molar-refractivity contribution in [1.82, 2.24) is 4.90 Å². The van der Waals surface area contributed by atoms with Crippen molar-refractivity contribution < 1.29 is 5.11 Å². The van der Waals surface area contributed by atoms with Gasteiger partial charge in [-0.2, -0.15) is 0 Å². The van der Waals surface area contributed by atoms with Gasteiger partial charge in [-0.3, -0.25) is 4.90 Å². The van der Waals surface area contributed by atoms with E-state index in [1.54, 1.807) is 0 Å². The minimum Gasteiger partial charge on any atom is -0.392 e. The number of benzene rings is 1. The molecule has 1 saturated carbocycles. The van der Waals surface area contributed by atoms with E-state index in [0.717, 1.165) is 30.0 Å². The minimum absolute atomic E-state index is 0.0391. The molecule has 1 fully saturated rings. The summed E-state index contributed by atoms with van der Waals surface area (Å²) >= 11 is 6.30. The van der Waals surface area contributed by atoms with Crippen LogP contribution in [0.15, 0.2) is 24.3 Å². The monoisotopic (exact) mass is 309 g/mol. The van der Waals surface area contributed by atoms with Crippen molar-refractivity contribution in [2.45, 2.75) is 52.2 Å². The third-order valence-electron chi connectivity index (χ3n) is 5.18. The summed E-state index contributed by atoms with van der Waals surface area (Å²) in [6.45, 7) is 7.46. The van der Waals surface area contributed by atoms with E-state index in [4.69, 9.17) is 11.6 Å². The van der Waals surface area contributed by atoms with E-state index < -0.39 is 0 Å². The fourth-order valence-corrected chi connectivity index (χ4v) is 3.83. The molecule has 21 heavy (non-hydrogen) atoms. The summed E-state index contributed by atoms with van der Waals surface area (Å²) in [6, 6.07) is 8.29. The number of hydrogen-bond donors (Lipinski definition) is 1. The first-order valence-electron chi connectivity index (χ1n) is 7.95. The van der Waals surface area contributed by atoms with Crippen molar-refractivity contribution in [2.24, 2.45) is 11.3 Å². The summed E-state index contributed by atoms with van der Waals surface area (Å²) in [6.07, 6.45) is 3.23. The van der Waals surface area contributed by atoms with Crippen molar-refractivity contribution in [3.63, 3.8) is 0 Å². The number of aliphatic hydroxyl groups excluding tert-OH is 1. The van der Waals surface area contributed by atoms with Crippen LogP contribution in [0.5, 0.6) is 0 Å². The summed E-state index contributed by atoms with van der Waals surface area (Å²) in [5.74, 6) is 0.351. The zero-order valence-electron chi connectivity index (χ0n) is 13.6. The number of halogens is 1. The molecule has 1 aromatic carbocycles. The van der Waals surface area contributed by atoms with Gasteiger partial charge >= 0.3 is 0 Å². The molecule has 0 aliphatic heterocycles. The molecule has 0 amide bonds. The number of hydrogen-bond acceptors (Lipinski definition) is 2. The zero-order chi connectivity index (χ0) is 15.6.